The molecule has 0 spiro atoms. The maximum absolute atomic E-state index is 10.9. The SMILES string of the molecule is O=C(CS)OCCC[C@H](O)c1cccc(OCCO)c1. The second-order valence-electron chi connectivity index (χ2n) is 4.18. The molecule has 0 fully saturated rings. The first kappa shape index (κ1) is 16.8. The lowest BCUT2D eigenvalue weighted by molar-refractivity contribution is -0.140. The Morgan fingerprint density at radius 3 is 2.85 bits per heavy atom. The van der Waals surface area contributed by atoms with E-state index in [1.807, 2.05) is 0 Å². The van der Waals surface area contributed by atoms with Gasteiger partial charge in [-0.15, -0.1) is 0 Å². The van der Waals surface area contributed by atoms with Crippen molar-refractivity contribution in [2.75, 3.05) is 25.6 Å². The monoisotopic (exact) mass is 300 g/mol. The number of thiol groups is 1. The standard InChI is InChI=1S/C14H20O5S/c15-6-8-18-12-4-1-3-11(9-12)13(16)5-2-7-19-14(17)10-20/h1,3-4,9,13,15-16,20H,2,5-8,10H2/t13-/m0/s1. The lowest BCUT2D eigenvalue weighted by atomic mass is 10.1. The molecule has 5 nitrogen and oxygen atoms in total. The lowest BCUT2D eigenvalue weighted by Crippen LogP contribution is -2.08. The van der Waals surface area contributed by atoms with Crippen LogP contribution in [-0.4, -0.2) is 41.8 Å². The van der Waals surface area contributed by atoms with Crippen molar-refractivity contribution in [2.24, 2.45) is 0 Å². The Labute approximate surface area is 123 Å². The van der Waals surface area contributed by atoms with Crippen LogP contribution in [0, 0.1) is 0 Å². The summed E-state index contributed by atoms with van der Waals surface area (Å²) in [5.41, 5.74) is 0.737. The molecule has 0 radical (unpaired) electrons. The van der Waals surface area contributed by atoms with Crippen LogP contribution in [-0.2, 0) is 9.53 Å². The van der Waals surface area contributed by atoms with Gasteiger partial charge in [0, 0.05) is 0 Å². The first-order valence-corrected chi connectivity index (χ1v) is 7.08. The molecule has 0 saturated carbocycles. The molecule has 0 heterocycles. The smallest absolute Gasteiger partial charge is 0.315 e. The summed E-state index contributed by atoms with van der Waals surface area (Å²) in [4.78, 5) is 10.9. The van der Waals surface area contributed by atoms with Gasteiger partial charge in [-0.05, 0) is 30.5 Å². The highest BCUT2D eigenvalue weighted by atomic mass is 32.1. The van der Waals surface area contributed by atoms with Gasteiger partial charge in [0.1, 0.15) is 12.4 Å². The van der Waals surface area contributed by atoms with Crippen LogP contribution < -0.4 is 4.74 Å². The Hall–Kier alpha value is -1.24. The van der Waals surface area contributed by atoms with E-state index in [9.17, 15) is 9.90 Å². The minimum atomic E-state index is -0.637. The summed E-state index contributed by atoms with van der Waals surface area (Å²) < 4.78 is 10.2. The number of benzene rings is 1. The van der Waals surface area contributed by atoms with Crippen molar-refractivity contribution >= 4 is 18.6 Å². The number of ether oxygens (including phenoxy) is 2. The third-order valence-electron chi connectivity index (χ3n) is 2.62. The van der Waals surface area contributed by atoms with Crippen molar-refractivity contribution < 1.29 is 24.5 Å². The van der Waals surface area contributed by atoms with Gasteiger partial charge in [-0.2, -0.15) is 12.6 Å². The number of hydrogen-bond acceptors (Lipinski definition) is 6. The first-order valence-electron chi connectivity index (χ1n) is 6.45. The lowest BCUT2D eigenvalue weighted by Gasteiger charge is -2.12. The fourth-order valence-corrected chi connectivity index (χ4v) is 1.74. The summed E-state index contributed by atoms with van der Waals surface area (Å²) in [7, 11) is 0. The molecule has 112 valence electrons. The van der Waals surface area contributed by atoms with Gasteiger partial charge in [-0.25, -0.2) is 0 Å². The van der Waals surface area contributed by atoms with Crippen LogP contribution in [0.1, 0.15) is 24.5 Å². The summed E-state index contributed by atoms with van der Waals surface area (Å²) in [6.45, 7) is 0.444. The van der Waals surface area contributed by atoms with Gasteiger partial charge in [0.25, 0.3) is 0 Å². The molecule has 6 heteroatoms. The van der Waals surface area contributed by atoms with Crippen LogP contribution in [0.3, 0.4) is 0 Å². The van der Waals surface area contributed by atoms with E-state index in [2.05, 4.69) is 12.6 Å². The summed E-state index contributed by atoms with van der Waals surface area (Å²) in [6, 6.07) is 7.09. The number of aliphatic hydroxyl groups is 2. The van der Waals surface area contributed by atoms with Crippen LogP contribution in [0.5, 0.6) is 5.75 Å². The van der Waals surface area contributed by atoms with Crippen LogP contribution in [0.2, 0.25) is 0 Å². The van der Waals surface area contributed by atoms with Gasteiger partial charge in [0.2, 0.25) is 0 Å². The van der Waals surface area contributed by atoms with Gasteiger partial charge >= 0.3 is 5.97 Å². The molecule has 20 heavy (non-hydrogen) atoms. The Balaban J connectivity index is 2.38. The average molecular weight is 300 g/mol. The Morgan fingerprint density at radius 1 is 1.35 bits per heavy atom. The highest BCUT2D eigenvalue weighted by Gasteiger charge is 2.09. The molecule has 0 bridgehead atoms. The molecule has 2 N–H and O–H groups in total. The first-order chi connectivity index (χ1) is 9.67. The number of hydrogen-bond donors (Lipinski definition) is 3. The van der Waals surface area contributed by atoms with E-state index in [1.54, 1.807) is 24.3 Å². The van der Waals surface area contributed by atoms with Crippen molar-refractivity contribution in [1.82, 2.24) is 0 Å². The molecule has 1 aromatic carbocycles. The minimum Gasteiger partial charge on any atom is -0.491 e. The normalized spacial score (nSPS) is 11.9. The Bertz CT molecular complexity index is 410. The van der Waals surface area contributed by atoms with Crippen molar-refractivity contribution in [1.29, 1.82) is 0 Å². The quantitative estimate of drug-likeness (QED) is 0.364. The third-order valence-corrected chi connectivity index (χ3v) is 2.88. The molecule has 1 rings (SSSR count). The number of esters is 1. The van der Waals surface area contributed by atoms with E-state index in [4.69, 9.17) is 14.6 Å². The molecule has 0 saturated heterocycles. The molecule has 0 unspecified atom stereocenters. The molecule has 1 aromatic rings. The van der Waals surface area contributed by atoms with Crippen LogP contribution >= 0.6 is 12.6 Å². The number of aliphatic hydroxyl groups excluding tert-OH is 2. The van der Waals surface area contributed by atoms with E-state index in [-0.39, 0.29) is 31.5 Å². The zero-order valence-corrected chi connectivity index (χ0v) is 12.1. The Kier molecular flexibility index (Phi) is 8.10. The maximum atomic E-state index is 10.9. The van der Waals surface area contributed by atoms with Gasteiger partial charge in [-0.3, -0.25) is 4.79 Å². The predicted octanol–water partition coefficient (Wildman–Crippen LogP) is 1.34. The fraction of sp³-hybridized carbons (Fsp3) is 0.500. The summed E-state index contributed by atoms with van der Waals surface area (Å²) in [5.74, 6) is 0.312. The third kappa shape index (κ3) is 6.27. The van der Waals surface area contributed by atoms with Gasteiger partial charge in [0.05, 0.1) is 25.1 Å². The fourth-order valence-electron chi connectivity index (χ4n) is 1.65. The number of rotatable bonds is 9. The highest BCUT2D eigenvalue weighted by molar-refractivity contribution is 7.81. The Morgan fingerprint density at radius 2 is 2.15 bits per heavy atom. The van der Waals surface area contributed by atoms with E-state index < -0.39 is 6.10 Å². The maximum Gasteiger partial charge on any atom is 0.315 e. The number of carbonyl (C=O) groups excluding carboxylic acids is 1. The largest absolute Gasteiger partial charge is 0.491 e. The molecule has 0 aromatic heterocycles. The highest BCUT2D eigenvalue weighted by Crippen LogP contribution is 2.22. The van der Waals surface area contributed by atoms with Crippen molar-refractivity contribution in [3.05, 3.63) is 29.8 Å². The van der Waals surface area contributed by atoms with E-state index >= 15 is 0 Å². The molecular weight excluding hydrogens is 280 g/mol. The van der Waals surface area contributed by atoms with Gasteiger partial charge < -0.3 is 19.7 Å². The summed E-state index contributed by atoms with van der Waals surface area (Å²) in [6.07, 6.45) is 0.425. The zero-order valence-electron chi connectivity index (χ0n) is 11.2. The van der Waals surface area contributed by atoms with Gasteiger partial charge in [-0.1, -0.05) is 12.1 Å². The minimum absolute atomic E-state index is 0.0523. The number of carbonyl (C=O) groups is 1. The average Bonchev–Trinajstić information content (AvgIpc) is 2.49. The van der Waals surface area contributed by atoms with Crippen LogP contribution in [0.25, 0.3) is 0 Å². The van der Waals surface area contributed by atoms with Gasteiger partial charge in [0.15, 0.2) is 0 Å². The summed E-state index contributed by atoms with van der Waals surface area (Å²) >= 11 is 3.80. The molecular formula is C14H20O5S. The second kappa shape index (κ2) is 9.63. The molecule has 0 aliphatic rings. The van der Waals surface area contributed by atoms with Crippen LogP contribution in [0.15, 0.2) is 24.3 Å². The molecule has 0 amide bonds. The van der Waals surface area contributed by atoms with Crippen molar-refractivity contribution in [3.63, 3.8) is 0 Å². The topological polar surface area (TPSA) is 76.0 Å². The van der Waals surface area contributed by atoms with E-state index in [0.717, 1.165) is 5.56 Å². The van der Waals surface area contributed by atoms with Crippen LogP contribution in [0.4, 0.5) is 0 Å². The van der Waals surface area contributed by atoms with E-state index in [1.165, 1.54) is 0 Å². The second-order valence-corrected chi connectivity index (χ2v) is 4.50. The van der Waals surface area contributed by atoms with Crippen molar-refractivity contribution in [2.45, 2.75) is 18.9 Å². The molecule has 0 aliphatic carbocycles. The predicted molar refractivity (Wildman–Crippen MR) is 78.0 cm³/mol. The zero-order chi connectivity index (χ0) is 14.8. The van der Waals surface area contributed by atoms with Crippen molar-refractivity contribution in [3.8, 4) is 5.75 Å². The van der Waals surface area contributed by atoms with E-state index in [0.29, 0.717) is 18.6 Å². The molecule has 0 aliphatic heterocycles. The summed E-state index contributed by atoms with van der Waals surface area (Å²) in [5, 5.41) is 18.7. The molecule has 1 atom stereocenters.